The summed E-state index contributed by atoms with van der Waals surface area (Å²) in [7, 11) is 0. The molecule has 31 heavy (non-hydrogen) atoms. The largest absolute Gasteiger partial charge is 0.412 e. The number of likely N-dealkylation sites (tertiary alicyclic amines) is 1. The van der Waals surface area contributed by atoms with Gasteiger partial charge in [-0.1, -0.05) is 42.5 Å². The Labute approximate surface area is 197 Å². The number of amides is 1. The molecule has 2 aromatic carbocycles. The number of nitrogens with one attached hydrogen (secondary N) is 1. The normalized spacial score (nSPS) is 19.4. The Morgan fingerprint density at radius 1 is 1.06 bits per heavy atom. The number of aliphatic hydroxyl groups is 1. The molecule has 0 saturated carbocycles. The Balaban J connectivity index is 0.00000160. The average Bonchev–Trinajstić information content (AvgIpc) is 2.89. The van der Waals surface area contributed by atoms with Crippen molar-refractivity contribution in [1.82, 2.24) is 4.90 Å². The predicted molar refractivity (Wildman–Crippen MR) is 130 cm³/mol. The molecule has 4 rings (SSSR count). The van der Waals surface area contributed by atoms with Crippen molar-refractivity contribution in [2.24, 2.45) is 5.92 Å². The predicted octanol–water partition coefficient (Wildman–Crippen LogP) is 3.97. The van der Waals surface area contributed by atoms with Gasteiger partial charge in [-0.3, -0.25) is 4.79 Å². The van der Waals surface area contributed by atoms with Gasteiger partial charge in [0.15, 0.2) is 0 Å². The topological polar surface area (TPSA) is 84.1 Å². The van der Waals surface area contributed by atoms with Crippen LogP contribution < -0.4 is 5.32 Å². The summed E-state index contributed by atoms with van der Waals surface area (Å²) in [5.41, 5.74) is 4.41. The van der Waals surface area contributed by atoms with E-state index in [-0.39, 0.29) is 36.2 Å². The molecule has 0 spiro atoms. The molecule has 2 aromatic rings. The van der Waals surface area contributed by atoms with Gasteiger partial charge in [0.25, 0.3) is 0 Å². The van der Waals surface area contributed by atoms with E-state index in [0.29, 0.717) is 18.9 Å². The van der Waals surface area contributed by atoms with Gasteiger partial charge in [-0.2, -0.15) is 0 Å². The first-order chi connectivity index (χ1) is 13.7. The summed E-state index contributed by atoms with van der Waals surface area (Å²) < 4.78 is 0. The Morgan fingerprint density at radius 2 is 1.84 bits per heavy atom. The summed E-state index contributed by atoms with van der Waals surface area (Å²) >= 11 is 0. The SMILES string of the molecule is Cl.Cl.O.O=C1CCCc2cc(C(O)CN3CCC[C@@H](Cc4ccccc4)C3)ccc2N1. The third-order valence-corrected chi connectivity index (χ3v) is 6.04. The molecule has 0 aromatic heterocycles. The van der Waals surface area contributed by atoms with Crippen molar-refractivity contribution in [3.63, 3.8) is 0 Å². The Hall–Kier alpha value is -1.63. The molecule has 0 radical (unpaired) electrons. The monoisotopic (exact) mass is 468 g/mol. The number of β-amino-alcohol motifs (C(OH)–C–C–N with tert-alkyl or cyclic N) is 1. The van der Waals surface area contributed by atoms with E-state index in [4.69, 9.17) is 0 Å². The summed E-state index contributed by atoms with van der Waals surface area (Å²) in [6.07, 6.45) is 5.42. The fourth-order valence-corrected chi connectivity index (χ4v) is 4.58. The number of fused-ring (bicyclic) bond motifs is 1. The van der Waals surface area contributed by atoms with E-state index in [9.17, 15) is 9.90 Å². The van der Waals surface area contributed by atoms with Crippen LogP contribution in [0.15, 0.2) is 48.5 Å². The first-order valence-corrected chi connectivity index (χ1v) is 10.5. The molecule has 0 aliphatic carbocycles. The second-order valence-electron chi connectivity index (χ2n) is 8.29. The summed E-state index contributed by atoms with van der Waals surface area (Å²) in [5.74, 6) is 0.746. The molecule has 4 N–H and O–H groups in total. The van der Waals surface area contributed by atoms with E-state index in [1.54, 1.807) is 0 Å². The van der Waals surface area contributed by atoms with Gasteiger partial charge >= 0.3 is 0 Å². The minimum Gasteiger partial charge on any atom is -0.412 e. The second kappa shape index (κ2) is 13.0. The maximum absolute atomic E-state index is 11.7. The highest BCUT2D eigenvalue weighted by Crippen LogP contribution is 2.28. The Kier molecular flexibility index (Phi) is 11.5. The van der Waals surface area contributed by atoms with Crippen LogP contribution in [0, 0.1) is 5.92 Å². The molecule has 172 valence electrons. The molecule has 5 nitrogen and oxygen atoms in total. The van der Waals surface area contributed by atoms with Crippen LogP contribution in [-0.2, 0) is 17.6 Å². The minimum atomic E-state index is -0.486. The number of hydrogen-bond donors (Lipinski definition) is 2. The van der Waals surface area contributed by atoms with Gasteiger partial charge in [-0.25, -0.2) is 0 Å². The molecule has 2 aliphatic heterocycles. The van der Waals surface area contributed by atoms with Crippen LogP contribution in [0.2, 0.25) is 0 Å². The maximum atomic E-state index is 11.7. The molecule has 2 atom stereocenters. The summed E-state index contributed by atoms with van der Waals surface area (Å²) in [6, 6.07) is 16.7. The summed E-state index contributed by atoms with van der Waals surface area (Å²) in [5, 5.41) is 13.8. The maximum Gasteiger partial charge on any atom is 0.224 e. The molecular formula is C24H34Cl2N2O3. The lowest BCUT2D eigenvalue weighted by molar-refractivity contribution is -0.116. The fourth-order valence-electron chi connectivity index (χ4n) is 4.58. The van der Waals surface area contributed by atoms with Crippen molar-refractivity contribution < 1.29 is 15.4 Å². The van der Waals surface area contributed by atoms with Crippen LogP contribution in [0.1, 0.15) is 48.5 Å². The van der Waals surface area contributed by atoms with Gasteiger partial charge in [0.2, 0.25) is 5.91 Å². The number of halogens is 2. The molecule has 1 saturated heterocycles. The van der Waals surface area contributed by atoms with Crippen molar-refractivity contribution >= 4 is 36.4 Å². The van der Waals surface area contributed by atoms with Crippen LogP contribution in [0.5, 0.6) is 0 Å². The third kappa shape index (κ3) is 7.48. The number of hydrogen-bond acceptors (Lipinski definition) is 3. The lowest BCUT2D eigenvalue weighted by atomic mass is 9.91. The van der Waals surface area contributed by atoms with Gasteiger partial charge in [0, 0.05) is 25.2 Å². The van der Waals surface area contributed by atoms with Gasteiger partial charge < -0.3 is 20.8 Å². The van der Waals surface area contributed by atoms with Crippen LogP contribution in [-0.4, -0.2) is 41.0 Å². The number of benzene rings is 2. The van der Waals surface area contributed by atoms with Crippen LogP contribution >= 0.6 is 24.8 Å². The van der Waals surface area contributed by atoms with Gasteiger partial charge in [-0.15, -0.1) is 24.8 Å². The van der Waals surface area contributed by atoms with E-state index < -0.39 is 6.10 Å². The number of carbonyl (C=O) groups is 1. The van der Waals surface area contributed by atoms with Crippen LogP contribution in [0.3, 0.4) is 0 Å². The van der Waals surface area contributed by atoms with Crippen LogP contribution in [0.4, 0.5) is 5.69 Å². The van der Waals surface area contributed by atoms with Crippen molar-refractivity contribution in [2.75, 3.05) is 25.0 Å². The summed E-state index contributed by atoms with van der Waals surface area (Å²) in [6.45, 7) is 2.78. The number of carbonyl (C=O) groups excluding carboxylic acids is 1. The van der Waals surface area contributed by atoms with E-state index in [0.717, 1.165) is 49.2 Å². The Morgan fingerprint density at radius 3 is 2.61 bits per heavy atom. The van der Waals surface area contributed by atoms with Crippen molar-refractivity contribution in [3.8, 4) is 0 Å². The molecule has 1 unspecified atom stereocenters. The zero-order valence-electron chi connectivity index (χ0n) is 17.8. The number of aryl methyl sites for hydroxylation is 1. The van der Waals surface area contributed by atoms with Crippen LogP contribution in [0.25, 0.3) is 0 Å². The zero-order chi connectivity index (χ0) is 19.3. The molecule has 7 heteroatoms. The molecule has 1 amide bonds. The number of anilines is 1. The van der Waals surface area contributed by atoms with Gasteiger partial charge in [0.1, 0.15) is 0 Å². The standard InChI is InChI=1S/C24H30N2O2.2ClH.H2O/c27-23(21-11-12-22-20(15-21)9-4-10-24(28)25-22)17-26-13-5-8-19(16-26)14-18-6-2-1-3-7-18;;;/h1-3,6-7,11-12,15,19,23,27H,4-5,8-10,13-14,16-17H2,(H,25,28);2*1H;1H2/t19-,23?;;;/m0.../s1. The summed E-state index contributed by atoms with van der Waals surface area (Å²) in [4.78, 5) is 14.1. The average molecular weight is 469 g/mol. The lowest BCUT2D eigenvalue weighted by Crippen LogP contribution is -2.38. The van der Waals surface area contributed by atoms with Crippen molar-refractivity contribution in [1.29, 1.82) is 0 Å². The van der Waals surface area contributed by atoms with E-state index in [1.165, 1.54) is 18.4 Å². The molecule has 2 aliphatic rings. The van der Waals surface area contributed by atoms with Crippen molar-refractivity contribution in [2.45, 2.75) is 44.6 Å². The number of piperidine rings is 1. The first-order valence-electron chi connectivity index (χ1n) is 10.5. The van der Waals surface area contributed by atoms with Gasteiger partial charge in [-0.05, 0) is 67.3 Å². The third-order valence-electron chi connectivity index (χ3n) is 6.04. The van der Waals surface area contributed by atoms with E-state index in [1.807, 2.05) is 12.1 Å². The molecular weight excluding hydrogens is 435 g/mol. The Bertz CT molecular complexity index is 820. The van der Waals surface area contributed by atoms with E-state index >= 15 is 0 Å². The first kappa shape index (κ1) is 27.4. The fraction of sp³-hybridized carbons (Fsp3) is 0.458. The highest BCUT2D eigenvalue weighted by Gasteiger charge is 2.23. The highest BCUT2D eigenvalue weighted by atomic mass is 35.5. The van der Waals surface area contributed by atoms with Gasteiger partial charge in [0.05, 0.1) is 6.10 Å². The van der Waals surface area contributed by atoms with Crippen molar-refractivity contribution in [3.05, 3.63) is 65.2 Å². The number of rotatable bonds is 5. The smallest absolute Gasteiger partial charge is 0.224 e. The number of aliphatic hydroxyl groups excluding tert-OH is 1. The lowest BCUT2D eigenvalue weighted by Gasteiger charge is -2.34. The molecule has 0 bridgehead atoms. The minimum absolute atomic E-state index is 0. The molecule has 1 fully saturated rings. The van der Waals surface area contributed by atoms with E-state index in [2.05, 4.69) is 46.6 Å². The number of nitrogens with zero attached hydrogens (tertiary/aromatic N) is 1. The quantitative estimate of drug-likeness (QED) is 0.695. The second-order valence-corrected chi connectivity index (χ2v) is 8.29. The molecule has 2 heterocycles. The zero-order valence-corrected chi connectivity index (χ0v) is 19.4. The highest BCUT2D eigenvalue weighted by molar-refractivity contribution is 5.92.